The number of hydrogen-bond donors (Lipinski definition) is 1. The highest BCUT2D eigenvalue weighted by molar-refractivity contribution is 7.20. The number of nitrogens with zero attached hydrogens (tertiary/aromatic N) is 2. The highest BCUT2D eigenvalue weighted by atomic mass is 32.1. The summed E-state index contributed by atoms with van der Waals surface area (Å²) in [6.07, 6.45) is 1.56. The molecule has 0 bridgehead atoms. The van der Waals surface area contributed by atoms with Gasteiger partial charge in [-0.15, -0.1) is 11.3 Å². The van der Waals surface area contributed by atoms with Crippen molar-refractivity contribution < 1.29 is 18.7 Å². The molecule has 1 N–H and O–H groups in total. The van der Waals surface area contributed by atoms with Gasteiger partial charge in [-0.2, -0.15) is 0 Å². The van der Waals surface area contributed by atoms with E-state index in [1.807, 2.05) is 13.8 Å². The molecule has 3 aromatic rings. The molecule has 142 valence electrons. The number of ether oxygens (including phenoxy) is 1. The van der Waals surface area contributed by atoms with Crippen molar-refractivity contribution in [1.82, 2.24) is 15.2 Å². The molecule has 1 aromatic carbocycles. The average Bonchev–Trinajstić information content (AvgIpc) is 3.34. The van der Waals surface area contributed by atoms with Crippen molar-refractivity contribution in [2.75, 3.05) is 19.7 Å². The SMILES string of the molecule is CCN(CC)C(=O)COc1ccc2nc(C(=O)NCc3ccco3)sc2c1. The van der Waals surface area contributed by atoms with Crippen LogP contribution in [0.25, 0.3) is 10.2 Å². The van der Waals surface area contributed by atoms with Crippen LogP contribution in [-0.2, 0) is 11.3 Å². The fourth-order valence-corrected chi connectivity index (χ4v) is 3.47. The first-order chi connectivity index (χ1) is 13.1. The maximum Gasteiger partial charge on any atom is 0.280 e. The number of fused-ring (bicyclic) bond motifs is 1. The summed E-state index contributed by atoms with van der Waals surface area (Å²) >= 11 is 1.28. The van der Waals surface area contributed by atoms with Crippen molar-refractivity contribution in [3.05, 3.63) is 47.4 Å². The van der Waals surface area contributed by atoms with Crippen molar-refractivity contribution in [3.8, 4) is 5.75 Å². The summed E-state index contributed by atoms with van der Waals surface area (Å²) in [4.78, 5) is 30.4. The monoisotopic (exact) mass is 387 g/mol. The van der Waals surface area contributed by atoms with Crippen LogP contribution < -0.4 is 10.1 Å². The lowest BCUT2D eigenvalue weighted by Crippen LogP contribution is -2.34. The molecule has 0 unspecified atom stereocenters. The maximum atomic E-state index is 12.3. The van der Waals surface area contributed by atoms with Crippen molar-refractivity contribution in [1.29, 1.82) is 0 Å². The molecule has 2 amide bonds. The van der Waals surface area contributed by atoms with E-state index >= 15 is 0 Å². The van der Waals surface area contributed by atoms with E-state index in [0.717, 1.165) is 4.70 Å². The lowest BCUT2D eigenvalue weighted by atomic mass is 10.3. The first-order valence-electron chi connectivity index (χ1n) is 8.72. The fraction of sp³-hybridized carbons (Fsp3) is 0.316. The second kappa shape index (κ2) is 8.68. The van der Waals surface area contributed by atoms with E-state index in [1.165, 1.54) is 11.3 Å². The molecule has 7 nitrogen and oxygen atoms in total. The Kier molecular flexibility index (Phi) is 6.08. The molecule has 0 aliphatic carbocycles. The first kappa shape index (κ1) is 18.9. The van der Waals surface area contributed by atoms with E-state index in [4.69, 9.17) is 9.15 Å². The van der Waals surface area contributed by atoms with Crippen LogP contribution in [0.15, 0.2) is 41.0 Å². The van der Waals surface area contributed by atoms with Gasteiger partial charge >= 0.3 is 0 Å². The highest BCUT2D eigenvalue weighted by Gasteiger charge is 2.14. The molecule has 2 aromatic heterocycles. The predicted octanol–water partition coefficient (Wildman–Crippen LogP) is 3.07. The van der Waals surface area contributed by atoms with Gasteiger partial charge < -0.3 is 19.4 Å². The molecular weight excluding hydrogens is 366 g/mol. The third-order valence-corrected chi connectivity index (χ3v) is 5.05. The summed E-state index contributed by atoms with van der Waals surface area (Å²) in [5.74, 6) is 0.946. The molecule has 0 aliphatic heterocycles. The summed E-state index contributed by atoms with van der Waals surface area (Å²) < 4.78 is 11.6. The van der Waals surface area contributed by atoms with Gasteiger partial charge in [0.05, 0.1) is 23.0 Å². The Morgan fingerprint density at radius 1 is 1.26 bits per heavy atom. The summed E-state index contributed by atoms with van der Waals surface area (Å²) in [6, 6.07) is 8.90. The van der Waals surface area contributed by atoms with Gasteiger partial charge in [-0.3, -0.25) is 9.59 Å². The van der Waals surface area contributed by atoms with E-state index in [9.17, 15) is 9.59 Å². The molecule has 0 radical (unpaired) electrons. The number of rotatable bonds is 8. The van der Waals surface area contributed by atoms with Crippen LogP contribution in [0.2, 0.25) is 0 Å². The molecule has 0 spiro atoms. The van der Waals surface area contributed by atoms with E-state index in [0.29, 0.717) is 41.7 Å². The third-order valence-electron chi connectivity index (χ3n) is 4.04. The zero-order valence-corrected chi connectivity index (χ0v) is 16.0. The zero-order chi connectivity index (χ0) is 19.2. The number of carbonyl (C=O) groups excluding carboxylic acids is 2. The van der Waals surface area contributed by atoms with Crippen molar-refractivity contribution in [3.63, 3.8) is 0 Å². The Morgan fingerprint density at radius 2 is 2.07 bits per heavy atom. The lowest BCUT2D eigenvalue weighted by Gasteiger charge is -2.18. The largest absolute Gasteiger partial charge is 0.484 e. The number of likely N-dealkylation sites (N-methyl/N-ethyl adjacent to an activating group) is 1. The number of carbonyl (C=O) groups is 2. The summed E-state index contributed by atoms with van der Waals surface area (Å²) in [5.41, 5.74) is 0.713. The van der Waals surface area contributed by atoms with Crippen LogP contribution >= 0.6 is 11.3 Å². The second-order valence-electron chi connectivity index (χ2n) is 5.77. The second-order valence-corrected chi connectivity index (χ2v) is 6.80. The summed E-state index contributed by atoms with van der Waals surface area (Å²) in [7, 11) is 0. The maximum absolute atomic E-state index is 12.3. The van der Waals surface area contributed by atoms with Gasteiger partial charge in [0.15, 0.2) is 11.6 Å². The van der Waals surface area contributed by atoms with Gasteiger partial charge in [0, 0.05) is 13.1 Å². The van der Waals surface area contributed by atoms with Crippen molar-refractivity contribution >= 4 is 33.4 Å². The number of benzene rings is 1. The standard InChI is InChI=1S/C19H21N3O4S/c1-3-22(4-2)17(23)12-26-13-7-8-15-16(10-13)27-19(21-15)18(24)20-11-14-6-5-9-25-14/h5-10H,3-4,11-12H2,1-2H3,(H,20,24). The van der Waals surface area contributed by atoms with Gasteiger partial charge in [-0.25, -0.2) is 4.98 Å². The Hall–Kier alpha value is -2.87. The van der Waals surface area contributed by atoms with Crippen LogP contribution in [0.5, 0.6) is 5.75 Å². The van der Waals surface area contributed by atoms with E-state index in [2.05, 4.69) is 10.3 Å². The number of thiazole rings is 1. The quantitative estimate of drug-likeness (QED) is 0.642. The van der Waals surface area contributed by atoms with Crippen LogP contribution in [0.3, 0.4) is 0 Å². The van der Waals surface area contributed by atoms with Gasteiger partial charge in [-0.05, 0) is 44.2 Å². The molecule has 2 heterocycles. The Balaban J connectivity index is 1.64. The average molecular weight is 387 g/mol. The molecule has 3 rings (SSSR count). The molecule has 0 saturated carbocycles. The van der Waals surface area contributed by atoms with Gasteiger partial charge in [0.2, 0.25) is 0 Å². The number of furan rings is 1. The van der Waals surface area contributed by atoms with E-state index in [1.54, 1.807) is 41.5 Å². The van der Waals surface area contributed by atoms with Gasteiger partial charge in [0.1, 0.15) is 11.5 Å². The van der Waals surface area contributed by atoms with Gasteiger partial charge in [-0.1, -0.05) is 0 Å². The summed E-state index contributed by atoms with van der Waals surface area (Å²) in [5, 5.41) is 3.14. The van der Waals surface area contributed by atoms with E-state index in [-0.39, 0.29) is 18.4 Å². The Labute approximate surface area is 160 Å². The number of aromatic nitrogens is 1. The minimum atomic E-state index is -0.258. The zero-order valence-electron chi connectivity index (χ0n) is 15.2. The van der Waals surface area contributed by atoms with Gasteiger partial charge in [0.25, 0.3) is 11.8 Å². The normalized spacial score (nSPS) is 10.7. The molecule has 0 atom stereocenters. The predicted molar refractivity (Wildman–Crippen MR) is 103 cm³/mol. The lowest BCUT2D eigenvalue weighted by molar-refractivity contribution is -0.132. The highest BCUT2D eigenvalue weighted by Crippen LogP contribution is 2.26. The Morgan fingerprint density at radius 3 is 2.78 bits per heavy atom. The van der Waals surface area contributed by atoms with E-state index < -0.39 is 0 Å². The number of amides is 2. The topological polar surface area (TPSA) is 84.7 Å². The first-order valence-corrected chi connectivity index (χ1v) is 9.54. The number of hydrogen-bond acceptors (Lipinski definition) is 6. The fourth-order valence-electron chi connectivity index (χ4n) is 2.56. The molecule has 27 heavy (non-hydrogen) atoms. The van der Waals surface area contributed by atoms with Crippen LogP contribution in [0.4, 0.5) is 0 Å². The van der Waals surface area contributed by atoms with Crippen LogP contribution in [-0.4, -0.2) is 41.4 Å². The molecule has 0 saturated heterocycles. The van der Waals surface area contributed by atoms with Crippen LogP contribution in [0, 0.1) is 0 Å². The molecule has 8 heteroatoms. The molecule has 0 aliphatic rings. The molecule has 0 fully saturated rings. The minimum absolute atomic E-state index is 0.0114. The minimum Gasteiger partial charge on any atom is -0.484 e. The number of nitrogens with one attached hydrogen (secondary N) is 1. The van der Waals surface area contributed by atoms with Crippen molar-refractivity contribution in [2.24, 2.45) is 0 Å². The third kappa shape index (κ3) is 4.65. The summed E-state index contributed by atoms with van der Waals surface area (Å²) in [6.45, 7) is 5.48. The smallest absolute Gasteiger partial charge is 0.280 e. The van der Waals surface area contributed by atoms with Crippen molar-refractivity contribution in [2.45, 2.75) is 20.4 Å². The van der Waals surface area contributed by atoms with Crippen LogP contribution in [0.1, 0.15) is 29.4 Å². The molecular formula is C19H21N3O4S. The Bertz CT molecular complexity index is 916.